The fourth-order valence-electron chi connectivity index (χ4n) is 0.985. The van der Waals surface area contributed by atoms with E-state index in [2.05, 4.69) is 16.0 Å². The van der Waals surface area contributed by atoms with Crippen LogP contribution in [-0.2, 0) is 9.59 Å². The Bertz CT molecular complexity index is 196. The maximum absolute atomic E-state index is 11.2. The molecule has 0 rings (SSSR count). The highest BCUT2D eigenvalue weighted by atomic mass is 16.2. The molecule has 0 aliphatic heterocycles. The van der Waals surface area contributed by atoms with Crippen molar-refractivity contribution >= 4 is 11.8 Å². The Balaban J connectivity index is 4.08. The molecule has 0 aromatic rings. The minimum Gasteiger partial charge on any atom is -0.357 e. The molecule has 0 saturated heterocycles. The third kappa shape index (κ3) is 4.78. The summed E-state index contributed by atoms with van der Waals surface area (Å²) in [4.78, 5) is 22.4. The average molecular weight is 202 g/mol. The molecule has 0 bridgehead atoms. The van der Waals surface area contributed by atoms with Gasteiger partial charge in [0.05, 0.1) is 0 Å². The van der Waals surface area contributed by atoms with Gasteiger partial charge in [-0.25, -0.2) is 0 Å². The van der Waals surface area contributed by atoms with E-state index in [4.69, 9.17) is 5.73 Å². The van der Waals surface area contributed by atoms with Gasteiger partial charge in [-0.15, -0.1) is 0 Å². The van der Waals surface area contributed by atoms with Crippen molar-refractivity contribution in [1.82, 2.24) is 16.0 Å². The van der Waals surface area contributed by atoms with Crippen LogP contribution in [0.4, 0.5) is 0 Å². The molecule has 2 amide bonds. The van der Waals surface area contributed by atoms with Crippen LogP contribution in [0.25, 0.3) is 0 Å². The molecule has 0 fully saturated rings. The normalized spacial score (nSPS) is 11.9. The maximum Gasteiger partial charge on any atom is 0.243 e. The van der Waals surface area contributed by atoms with Gasteiger partial charge in [-0.2, -0.15) is 0 Å². The summed E-state index contributed by atoms with van der Waals surface area (Å²) < 4.78 is 0. The fourth-order valence-corrected chi connectivity index (χ4v) is 0.985. The third-order valence-corrected chi connectivity index (χ3v) is 1.68. The molecule has 0 aromatic carbocycles. The molecule has 1 atom stereocenters. The smallest absolute Gasteiger partial charge is 0.243 e. The zero-order valence-electron chi connectivity index (χ0n) is 8.59. The third-order valence-electron chi connectivity index (χ3n) is 1.68. The van der Waals surface area contributed by atoms with Crippen LogP contribution in [-0.4, -0.2) is 45.0 Å². The molecule has 0 heterocycles. The molecule has 82 valence electrons. The van der Waals surface area contributed by atoms with Gasteiger partial charge in [0.1, 0.15) is 6.04 Å². The average Bonchev–Trinajstić information content (AvgIpc) is 2.16. The molecular formula is C8H18N4O2. The van der Waals surface area contributed by atoms with E-state index in [1.54, 1.807) is 7.05 Å². The Hall–Kier alpha value is -1.14. The van der Waals surface area contributed by atoms with Crippen LogP contribution >= 0.6 is 0 Å². The van der Waals surface area contributed by atoms with Gasteiger partial charge in [0.25, 0.3) is 0 Å². The fraction of sp³-hybridized carbons (Fsp3) is 0.750. The zero-order valence-corrected chi connectivity index (χ0v) is 8.59. The first-order valence-corrected chi connectivity index (χ1v) is 4.51. The number of hydrogen-bond acceptors (Lipinski definition) is 4. The number of rotatable bonds is 6. The highest BCUT2D eigenvalue weighted by Gasteiger charge is 2.17. The summed E-state index contributed by atoms with van der Waals surface area (Å²) in [7, 11) is 3.24. The highest BCUT2D eigenvalue weighted by molar-refractivity contribution is 5.87. The topological polar surface area (TPSA) is 96.2 Å². The van der Waals surface area contributed by atoms with Crippen LogP contribution in [0.1, 0.15) is 6.42 Å². The van der Waals surface area contributed by atoms with E-state index in [9.17, 15) is 9.59 Å². The van der Waals surface area contributed by atoms with Gasteiger partial charge in [0.15, 0.2) is 0 Å². The molecule has 0 saturated carbocycles. The number of amides is 2. The Labute approximate surface area is 83.6 Å². The second-order valence-corrected chi connectivity index (χ2v) is 2.83. The highest BCUT2D eigenvalue weighted by Crippen LogP contribution is 1.84. The molecule has 5 N–H and O–H groups in total. The van der Waals surface area contributed by atoms with Crippen LogP contribution in [0, 0.1) is 0 Å². The van der Waals surface area contributed by atoms with Gasteiger partial charge in [-0.05, 0) is 7.05 Å². The number of carbonyl (C=O) groups is 2. The first-order valence-electron chi connectivity index (χ1n) is 4.51. The molecule has 0 radical (unpaired) electrons. The molecular weight excluding hydrogens is 184 g/mol. The van der Waals surface area contributed by atoms with Crippen molar-refractivity contribution in [3.05, 3.63) is 0 Å². The van der Waals surface area contributed by atoms with Crippen molar-refractivity contribution in [1.29, 1.82) is 0 Å². The van der Waals surface area contributed by atoms with E-state index in [0.717, 1.165) is 0 Å². The second-order valence-electron chi connectivity index (χ2n) is 2.83. The molecule has 0 aliphatic rings. The number of nitrogens with one attached hydrogen (secondary N) is 3. The zero-order chi connectivity index (χ0) is 11.0. The molecule has 0 spiro atoms. The number of carbonyl (C=O) groups excluding carboxylic acids is 2. The summed E-state index contributed by atoms with van der Waals surface area (Å²) in [6.07, 6.45) is 0.233. The first-order chi connectivity index (χ1) is 6.65. The lowest BCUT2D eigenvalue weighted by Gasteiger charge is -2.16. The van der Waals surface area contributed by atoms with Crippen LogP contribution in [0.3, 0.4) is 0 Å². The number of likely N-dealkylation sites (N-methyl/N-ethyl adjacent to an activating group) is 2. The van der Waals surface area contributed by atoms with Crippen LogP contribution in [0.2, 0.25) is 0 Å². The first kappa shape index (κ1) is 12.9. The SMILES string of the molecule is CNCC(NC(=O)CCN)C(=O)NC. The van der Waals surface area contributed by atoms with Gasteiger partial charge >= 0.3 is 0 Å². The van der Waals surface area contributed by atoms with E-state index in [-0.39, 0.29) is 24.8 Å². The molecule has 6 heteroatoms. The lowest BCUT2D eigenvalue weighted by atomic mass is 10.2. The minimum atomic E-state index is -0.538. The van der Waals surface area contributed by atoms with Crippen LogP contribution in [0.5, 0.6) is 0 Å². The van der Waals surface area contributed by atoms with Gasteiger partial charge in [-0.3, -0.25) is 9.59 Å². The Morgan fingerprint density at radius 1 is 1.36 bits per heavy atom. The summed E-state index contributed by atoms with van der Waals surface area (Å²) in [6.45, 7) is 0.682. The summed E-state index contributed by atoms with van der Waals surface area (Å²) in [5, 5.41) is 7.87. The molecule has 0 aromatic heterocycles. The maximum atomic E-state index is 11.2. The van der Waals surface area contributed by atoms with Crippen molar-refractivity contribution in [3.8, 4) is 0 Å². The van der Waals surface area contributed by atoms with Gasteiger partial charge in [-0.1, -0.05) is 0 Å². The van der Waals surface area contributed by atoms with E-state index in [1.165, 1.54) is 7.05 Å². The summed E-state index contributed by atoms with van der Waals surface area (Å²) >= 11 is 0. The van der Waals surface area contributed by atoms with Gasteiger partial charge in [0.2, 0.25) is 11.8 Å². The van der Waals surface area contributed by atoms with Crippen molar-refractivity contribution < 1.29 is 9.59 Å². The van der Waals surface area contributed by atoms with Crippen molar-refractivity contribution in [3.63, 3.8) is 0 Å². The second kappa shape index (κ2) is 7.28. The molecule has 0 aliphatic carbocycles. The van der Waals surface area contributed by atoms with Gasteiger partial charge < -0.3 is 21.7 Å². The van der Waals surface area contributed by atoms with Crippen LogP contribution < -0.4 is 21.7 Å². The summed E-state index contributed by atoms with van der Waals surface area (Å²) in [6, 6.07) is -0.538. The molecule has 1 unspecified atom stereocenters. The van der Waals surface area contributed by atoms with E-state index in [0.29, 0.717) is 6.54 Å². The largest absolute Gasteiger partial charge is 0.357 e. The predicted molar refractivity (Wildman–Crippen MR) is 53.6 cm³/mol. The quantitative estimate of drug-likeness (QED) is 0.392. The number of hydrogen-bond donors (Lipinski definition) is 4. The van der Waals surface area contributed by atoms with Gasteiger partial charge in [0, 0.05) is 26.6 Å². The minimum absolute atomic E-state index is 0.212. The van der Waals surface area contributed by atoms with Crippen LogP contribution in [0.15, 0.2) is 0 Å². The Kier molecular flexibility index (Phi) is 6.69. The molecule has 14 heavy (non-hydrogen) atoms. The summed E-state index contributed by atoms with van der Waals surface area (Å²) in [5.41, 5.74) is 5.21. The van der Waals surface area contributed by atoms with E-state index in [1.807, 2.05) is 0 Å². The molecule has 6 nitrogen and oxygen atoms in total. The van der Waals surface area contributed by atoms with E-state index < -0.39 is 6.04 Å². The van der Waals surface area contributed by atoms with Crippen molar-refractivity contribution in [2.45, 2.75) is 12.5 Å². The number of nitrogens with two attached hydrogens (primary N) is 1. The predicted octanol–water partition coefficient (Wildman–Crippen LogP) is -2.21. The Morgan fingerprint density at radius 3 is 2.43 bits per heavy atom. The lowest BCUT2D eigenvalue weighted by Crippen LogP contribution is -2.50. The van der Waals surface area contributed by atoms with Crippen molar-refractivity contribution in [2.24, 2.45) is 5.73 Å². The lowest BCUT2D eigenvalue weighted by molar-refractivity contribution is -0.128. The standard InChI is InChI=1S/C8H18N4O2/c1-10-5-6(8(14)11-2)12-7(13)3-4-9/h6,10H,3-5,9H2,1-2H3,(H,11,14)(H,12,13). The van der Waals surface area contributed by atoms with E-state index >= 15 is 0 Å². The summed E-state index contributed by atoms with van der Waals surface area (Å²) in [5.74, 6) is -0.430. The Morgan fingerprint density at radius 2 is 2.00 bits per heavy atom. The van der Waals surface area contributed by atoms with Crippen molar-refractivity contribution in [2.75, 3.05) is 27.2 Å². The monoisotopic (exact) mass is 202 g/mol.